The number of ether oxygens (including phenoxy) is 1. The number of aliphatic hydroxyl groups is 1. The highest BCUT2D eigenvalue weighted by Gasteiger charge is 2.70. The number of esters is 1. The molecular weight excluding hydrogens is 432 g/mol. The van der Waals surface area contributed by atoms with Crippen LogP contribution in [0.1, 0.15) is 114 Å². The van der Waals surface area contributed by atoms with E-state index in [1.54, 1.807) is 6.92 Å². The molecule has 0 bridgehead atoms. The summed E-state index contributed by atoms with van der Waals surface area (Å²) in [5.41, 5.74) is 2.38. The van der Waals surface area contributed by atoms with Crippen LogP contribution in [0.5, 0.6) is 0 Å². The second-order valence-electron chi connectivity index (χ2n) is 15.3. The van der Waals surface area contributed by atoms with Gasteiger partial charge in [-0.25, -0.2) is 0 Å². The van der Waals surface area contributed by atoms with Gasteiger partial charge in [-0.15, -0.1) is 0 Å². The Balaban J connectivity index is 1.51. The Kier molecular flexibility index (Phi) is 5.78. The van der Waals surface area contributed by atoms with Crippen LogP contribution in [0.2, 0.25) is 0 Å². The van der Waals surface area contributed by atoms with E-state index in [9.17, 15) is 9.90 Å². The van der Waals surface area contributed by atoms with Crippen LogP contribution in [0.25, 0.3) is 0 Å². The third kappa shape index (κ3) is 3.21. The average molecular weight is 485 g/mol. The third-order valence-corrected chi connectivity index (χ3v) is 13.9. The Bertz CT molecular complexity index is 920. The molecule has 0 radical (unpaired) electrons. The Labute approximate surface area is 214 Å². The van der Waals surface area contributed by atoms with Crippen LogP contribution in [-0.4, -0.2) is 23.3 Å². The summed E-state index contributed by atoms with van der Waals surface area (Å²) in [7, 11) is 0. The maximum Gasteiger partial charge on any atom is 0.302 e. The predicted octanol–water partition coefficient (Wildman–Crippen LogP) is 7.57. The first-order valence-corrected chi connectivity index (χ1v) is 14.7. The first-order chi connectivity index (χ1) is 16.1. The van der Waals surface area contributed by atoms with Crippen molar-refractivity contribution in [2.75, 3.05) is 0 Å². The number of rotatable bonds is 1. The van der Waals surface area contributed by atoms with Crippen molar-refractivity contribution < 1.29 is 14.6 Å². The zero-order valence-electron chi connectivity index (χ0n) is 24.0. The van der Waals surface area contributed by atoms with Crippen molar-refractivity contribution in [1.82, 2.24) is 0 Å². The van der Waals surface area contributed by atoms with Gasteiger partial charge in [0, 0.05) is 17.8 Å². The molecule has 0 aromatic rings. The van der Waals surface area contributed by atoms with Crippen LogP contribution in [0.4, 0.5) is 0 Å². The fourth-order valence-corrected chi connectivity index (χ4v) is 11.7. The van der Waals surface area contributed by atoms with E-state index >= 15 is 0 Å². The van der Waals surface area contributed by atoms with E-state index in [-0.39, 0.29) is 29.0 Å². The lowest BCUT2D eigenvalue weighted by Gasteiger charge is -2.73. The molecule has 0 spiro atoms. The molecule has 35 heavy (non-hydrogen) atoms. The number of carbonyl (C=O) groups is 1. The average Bonchev–Trinajstić information content (AvgIpc) is 2.75. The zero-order valence-corrected chi connectivity index (χ0v) is 24.0. The first kappa shape index (κ1) is 25.8. The van der Waals surface area contributed by atoms with E-state index in [1.165, 1.54) is 44.1 Å². The second-order valence-corrected chi connectivity index (χ2v) is 15.3. The van der Waals surface area contributed by atoms with Gasteiger partial charge < -0.3 is 9.84 Å². The molecule has 0 heterocycles. The molecule has 5 aliphatic carbocycles. The summed E-state index contributed by atoms with van der Waals surface area (Å²) in [5, 5.41) is 11.3. The Hall–Kier alpha value is -0.830. The first-order valence-electron chi connectivity index (χ1n) is 14.7. The van der Waals surface area contributed by atoms with Gasteiger partial charge in [0.15, 0.2) is 0 Å². The highest BCUT2D eigenvalue weighted by atomic mass is 16.5. The van der Waals surface area contributed by atoms with Gasteiger partial charge in [0.1, 0.15) is 6.10 Å². The highest BCUT2D eigenvalue weighted by Crippen LogP contribution is 2.76. The van der Waals surface area contributed by atoms with Crippen LogP contribution in [0, 0.1) is 56.7 Å². The van der Waals surface area contributed by atoms with Crippen molar-refractivity contribution in [3.63, 3.8) is 0 Å². The van der Waals surface area contributed by atoms with E-state index in [1.807, 2.05) is 0 Å². The number of carbonyl (C=O) groups excluding carboxylic acids is 1. The van der Waals surface area contributed by atoms with Crippen molar-refractivity contribution in [2.45, 2.75) is 126 Å². The molecular formula is C32H52O3. The fraction of sp³-hybridized carbons (Fsp3) is 0.906. The lowest BCUT2D eigenvalue weighted by Crippen LogP contribution is -2.68. The molecule has 0 aliphatic heterocycles. The topological polar surface area (TPSA) is 46.5 Å². The van der Waals surface area contributed by atoms with Crippen molar-refractivity contribution in [2.24, 2.45) is 56.7 Å². The van der Waals surface area contributed by atoms with Crippen LogP contribution >= 0.6 is 0 Å². The van der Waals surface area contributed by atoms with Crippen molar-refractivity contribution in [1.29, 1.82) is 0 Å². The molecule has 0 aromatic carbocycles. The molecule has 0 amide bonds. The largest absolute Gasteiger partial charge is 0.462 e. The summed E-state index contributed by atoms with van der Waals surface area (Å²) in [6.07, 6.45) is 11.6. The van der Waals surface area contributed by atoms with E-state index in [0.29, 0.717) is 39.9 Å². The summed E-state index contributed by atoms with van der Waals surface area (Å²) >= 11 is 0. The highest BCUT2D eigenvalue weighted by molar-refractivity contribution is 5.66. The molecule has 2 unspecified atom stereocenters. The van der Waals surface area contributed by atoms with Gasteiger partial charge in [0.05, 0.1) is 6.10 Å². The van der Waals surface area contributed by atoms with Crippen LogP contribution in [-0.2, 0) is 9.53 Å². The van der Waals surface area contributed by atoms with Crippen LogP contribution in [0.3, 0.4) is 0 Å². The standard InChI is InChI=1S/C32H52O3/c1-19-18-25(34)30(7)16-17-31(8)22(27(30)20(19)2)10-11-24-29(6)14-13-26(35-21(3)33)28(4,5)23(29)12-15-32(24,31)9/h18,20,22-27,34H,10-17H2,1-9H3/t20-,22-,23?,24-,25+,26+,27?,29+,30+,31-,32-/m1/s1. The summed E-state index contributed by atoms with van der Waals surface area (Å²) < 4.78 is 5.90. The van der Waals surface area contributed by atoms with E-state index in [0.717, 1.165) is 18.8 Å². The summed E-state index contributed by atoms with van der Waals surface area (Å²) in [6, 6.07) is 0. The van der Waals surface area contributed by atoms with E-state index in [4.69, 9.17) is 4.74 Å². The lowest BCUT2D eigenvalue weighted by molar-refractivity contribution is -0.257. The summed E-state index contributed by atoms with van der Waals surface area (Å²) in [6.45, 7) is 21.4. The van der Waals surface area contributed by atoms with Gasteiger partial charge in [0.25, 0.3) is 0 Å². The molecule has 5 rings (SSSR count). The monoisotopic (exact) mass is 484 g/mol. The van der Waals surface area contributed by atoms with Gasteiger partial charge in [-0.2, -0.15) is 0 Å². The molecule has 4 fully saturated rings. The van der Waals surface area contributed by atoms with Crippen molar-refractivity contribution >= 4 is 5.97 Å². The Morgan fingerprint density at radius 1 is 0.886 bits per heavy atom. The number of aliphatic hydroxyl groups excluding tert-OH is 1. The number of hydrogen-bond donors (Lipinski definition) is 1. The lowest BCUT2D eigenvalue weighted by atomic mass is 9.31. The predicted molar refractivity (Wildman–Crippen MR) is 142 cm³/mol. The number of hydrogen-bond acceptors (Lipinski definition) is 3. The molecule has 3 heteroatoms. The molecule has 1 N–H and O–H groups in total. The zero-order chi connectivity index (χ0) is 25.8. The van der Waals surface area contributed by atoms with E-state index < -0.39 is 0 Å². The maximum atomic E-state index is 11.9. The van der Waals surface area contributed by atoms with Gasteiger partial charge >= 0.3 is 5.97 Å². The second kappa shape index (κ2) is 7.84. The maximum absolute atomic E-state index is 11.9. The van der Waals surface area contributed by atoms with Gasteiger partial charge in [-0.1, -0.05) is 60.1 Å². The van der Waals surface area contributed by atoms with Crippen LogP contribution < -0.4 is 0 Å². The van der Waals surface area contributed by atoms with E-state index in [2.05, 4.69) is 61.5 Å². The fourth-order valence-electron chi connectivity index (χ4n) is 11.7. The minimum absolute atomic E-state index is 0.0114. The molecule has 198 valence electrons. The SMILES string of the molecule is CC(=O)O[C@H]1CC[C@@]2(C)C(CC[C@]3(C)[C@@H]2CC[C@@H]2C4[C@H](C)C(C)=C[C@H](O)[C@]4(C)CC[C@]23C)C1(C)C. The molecule has 0 saturated heterocycles. The smallest absolute Gasteiger partial charge is 0.302 e. The summed E-state index contributed by atoms with van der Waals surface area (Å²) in [5.74, 6) is 3.00. The van der Waals surface area contributed by atoms with Gasteiger partial charge in [-0.3, -0.25) is 4.79 Å². The molecule has 3 nitrogen and oxygen atoms in total. The molecule has 5 aliphatic rings. The van der Waals surface area contributed by atoms with Gasteiger partial charge in [0.2, 0.25) is 0 Å². The Morgan fingerprint density at radius 2 is 1.57 bits per heavy atom. The quantitative estimate of drug-likeness (QED) is 0.308. The number of allylic oxidation sites excluding steroid dienone is 1. The Morgan fingerprint density at radius 3 is 2.23 bits per heavy atom. The number of fused-ring (bicyclic) bond motifs is 7. The normalized spacial score (nSPS) is 54.9. The molecule has 11 atom stereocenters. The van der Waals surface area contributed by atoms with Gasteiger partial charge in [-0.05, 0) is 104 Å². The van der Waals surface area contributed by atoms with Crippen molar-refractivity contribution in [3.8, 4) is 0 Å². The van der Waals surface area contributed by atoms with Crippen molar-refractivity contribution in [3.05, 3.63) is 11.6 Å². The summed E-state index contributed by atoms with van der Waals surface area (Å²) in [4.78, 5) is 11.9. The third-order valence-electron chi connectivity index (χ3n) is 13.9. The van der Waals surface area contributed by atoms with Crippen LogP contribution in [0.15, 0.2) is 11.6 Å². The molecule has 4 saturated carbocycles. The minimum atomic E-state index is -0.301. The molecule has 0 aromatic heterocycles. The minimum Gasteiger partial charge on any atom is -0.462 e.